The Kier molecular flexibility index (Phi) is 7.16. The second-order valence-corrected chi connectivity index (χ2v) is 8.72. The highest BCUT2D eigenvalue weighted by atomic mass is 16.1. The van der Waals surface area contributed by atoms with E-state index in [9.17, 15) is 4.79 Å². The lowest BCUT2D eigenvalue weighted by molar-refractivity contribution is -0.919. The van der Waals surface area contributed by atoms with Crippen LogP contribution >= 0.6 is 0 Å². The first-order valence-electron chi connectivity index (χ1n) is 11.6. The predicted molar refractivity (Wildman–Crippen MR) is 127 cm³/mol. The van der Waals surface area contributed by atoms with Gasteiger partial charge in [0.1, 0.15) is 6.54 Å². The van der Waals surface area contributed by atoms with Crippen LogP contribution in [0.25, 0.3) is 0 Å². The van der Waals surface area contributed by atoms with Gasteiger partial charge in [-0.25, -0.2) is 0 Å². The van der Waals surface area contributed by atoms with Gasteiger partial charge < -0.3 is 10.2 Å². The molecule has 1 aliphatic rings. The van der Waals surface area contributed by atoms with Gasteiger partial charge in [0.05, 0.1) is 13.1 Å². The lowest BCUT2D eigenvalue weighted by Gasteiger charge is -2.29. The quantitative estimate of drug-likeness (QED) is 0.586. The third-order valence-corrected chi connectivity index (χ3v) is 6.50. The molecule has 1 fully saturated rings. The average Bonchev–Trinajstić information content (AvgIpc) is 2.82. The Morgan fingerprint density at radius 3 is 2.26 bits per heavy atom. The molecule has 0 atom stereocenters. The van der Waals surface area contributed by atoms with Crippen molar-refractivity contribution in [3.8, 4) is 0 Å². The summed E-state index contributed by atoms with van der Waals surface area (Å²) >= 11 is 0. The van der Waals surface area contributed by atoms with Crippen LogP contribution in [0.2, 0.25) is 0 Å². The van der Waals surface area contributed by atoms with Crippen LogP contribution in [0, 0.1) is 5.92 Å². The number of hydrogen-bond donors (Lipinski definition) is 2. The Morgan fingerprint density at radius 2 is 1.55 bits per heavy atom. The van der Waals surface area contributed by atoms with Crippen molar-refractivity contribution < 1.29 is 9.69 Å². The number of hydrogen-bond acceptors (Lipinski definition) is 1. The zero-order valence-corrected chi connectivity index (χ0v) is 18.4. The monoisotopic (exact) mass is 413 g/mol. The molecule has 0 unspecified atom stereocenters. The van der Waals surface area contributed by atoms with Gasteiger partial charge in [-0.2, -0.15) is 0 Å². The lowest BCUT2D eigenvalue weighted by Crippen LogP contribution is -3.11. The number of carbonyl (C=O) groups is 1. The minimum atomic E-state index is -0.0403. The van der Waals surface area contributed by atoms with Crippen molar-refractivity contribution in [2.24, 2.45) is 5.92 Å². The number of piperidine rings is 1. The molecule has 0 bridgehead atoms. The van der Waals surface area contributed by atoms with Crippen molar-refractivity contribution in [2.45, 2.75) is 39.2 Å². The van der Waals surface area contributed by atoms with Crippen LogP contribution in [0.4, 0.5) is 5.69 Å². The fraction of sp³-hybridized carbons (Fsp3) is 0.321. The van der Waals surface area contributed by atoms with E-state index >= 15 is 0 Å². The summed E-state index contributed by atoms with van der Waals surface area (Å²) in [6.45, 7) is 5.60. The van der Waals surface area contributed by atoms with Gasteiger partial charge in [-0.15, -0.1) is 0 Å². The zero-order valence-electron chi connectivity index (χ0n) is 18.4. The Bertz CT molecular complexity index is 973. The van der Waals surface area contributed by atoms with E-state index in [1.807, 2.05) is 30.3 Å². The van der Waals surface area contributed by atoms with E-state index in [1.54, 1.807) is 4.90 Å². The number of nitrogens with one attached hydrogen (secondary N) is 2. The van der Waals surface area contributed by atoms with E-state index in [1.165, 1.54) is 43.5 Å². The highest BCUT2D eigenvalue weighted by Gasteiger charge is 2.22. The first kappa shape index (κ1) is 21.3. The van der Waals surface area contributed by atoms with Gasteiger partial charge >= 0.3 is 0 Å². The molecule has 3 aromatic carbocycles. The lowest BCUT2D eigenvalue weighted by atomic mass is 9.90. The van der Waals surface area contributed by atoms with Crippen molar-refractivity contribution >= 4 is 11.6 Å². The molecule has 0 spiro atoms. The van der Waals surface area contributed by atoms with Crippen molar-refractivity contribution in [3.63, 3.8) is 0 Å². The smallest absolute Gasteiger partial charge is 0.255 e. The number of likely N-dealkylation sites (tertiary alicyclic amines) is 1. The second-order valence-electron chi connectivity index (χ2n) is 8.72. The summed E-state index contributed by atoms with van der Waals surface area (Å²) < 4.78 is 0. The molecule has 3 heteroatoms. The van der Waals surface area contributed by atoms with Gasteiger partial charge in [0.15, 0.2) is 0 Å². The van der Waals surface area contributed by atoms with Crippen LogP contribution in [0.3, 0.4) is 0 Å². The summed E-state index contributed by atoms with van der Waals surface area (Å²) in [6.07, 6.45) is 4.70. The van der Waals surface area contributed by atoms with E-state index < -0.39 is 0 Å². The second kappa shape index (κ2) is 10.4. The van der Waals surface area contributed by atoms with Crippen LogP contribution in [0.5, 0.6) is 0 Å². The van der Waals surface area contributed by atoms with Gasteiger partial charge in [0.2, 0.25) is 0 Å². The maximum Gasteiger partial charge on any atom is 0.255 e. The number of rotatable bonds is 7. The molecule has 2 N–H and O–H groups in total. The molecular weight excluding hydrogens is 380 g/mol. The number of anilines is 1. The molecule has 0 aromatic heterocycles. The molecule has 0 aliphatic carbocycles. The Morgan fingerprint density at radius 1 is 0.871 bits per heavy atom. The minimum absolute atomic E-state index is 0.0403. The molecule has 160 valence electrons. The highest BCUT2D eigenvalue weighted by Crippen LogP contribution is 2.18. The highest BCUT2D eigenvalue weighted by molar-refractivity contribution is 6.04. The molecular formula is C28H33N2O+. The molecule has 3 aromatic rings. The first-order chi connectivity index (χ1) is 15.2. The van der Waals surface area contributed by atoms with Gasteiger partial charge in [0.25, 0.3) is 5.91 Å². The Balaban J connectivity index is 1.27. The van der Waals surface area contributed by atoms with E-state index in [0.29, 0.717) is 5.56 Å². The fourth-order valence-electron chi connectivity index (χ4n) is 4.62. The van der Waals surface area contributed by atoms with Gasteiger partial charge in [-0.3, -0.25) is 4.79 Å². The van der Waals surface area contributed by atoms with Crippen LogP contribution in [-0.4, -0.2) is 19.0 Å². The molecule has 0 saturated carbocycles. The summed E-state index contributed by atoms with van der Waals surface area (Å²) in [5.41, 5.74) is 5.55. The van der Waals surface area contributed by atoms with Crippen LogP contribution < -0.4 is 10.2 Å². The molecule has 1 saturated heterocycles. The minimum Gasteiger partial charge on any atom is -0.331 e. The number of para-hydroxylation sites is 1. The Labute approximate surface area is 186 Å². The van der Waals surface area contributed by atoms with E-state index in [0.717, 1.165) is 30.1 Å². The van der Waals surface area contributed by atoms with Crippen LogP contribution in [0.1, 0.15) is 46.8 Å². The van der Waals surface area contributed by atoms with Gasteiger partial charge in [0, 0.05) is 16.8 Å². The molecule has 0 radical (unpaired) electrons. The third-order valence-electron chi connectivity index (χ3n) is 6.50. The van der Waals surface area contributed by atoms with Gasteiger partial charge in [-0.05, 0) is 60.9 Å². The Hall–Kier alpha value is -2.91. The molecule has 1 amide bonds. The van der Waals surface area contributed by atoms with Gasteiger partial charge in [-0.1, -0.05) is 67.6 Å². The van der Waals surface area contributed by atoms with Crippen molar-refractivity contribution in [1.29, 1.82) is 0 Å². The average molecular weight is 414 g/mol. The topological polar surface area (TPSA) is 33.5 Å². The zero-order chi connectivity index (χ0) is 21.5. The third kappa shape index (κ3) is 5.83. The maximum absolute atomic E-state index is 12.7. The fourth-order valence-corrected chi connectivity index (χ4v) is 4.62. The standard InChI is InChI=1S/C28H32N2O/c1-2-25-10-6-7-11-27(25)29-28(31)26-14-12-24(13-15-26)21-30-18-16-23(17-19-30)20-22-8-4-3-5-9-22/h3-15,23H,2,16-21H2,1H3,(H,29,31)/p+1. The van der Waals surface area contributed by atoms with Crippen LogP contribution in [0.15, 0.2) is 78.9 Å². The number of aryl methyl sites for hydroxylation is 1. The predicted octanol–water partition coefficient (Wildman–Crippen LogP) is 4.54. The van der Waals surface area contributed by atoms with E-state index in [4.69, 9.17) is 0 Å². The molecule has 3 nitrogen and oxygen atoms in total. The van der Waals surface area contributed by atoms with Crippen molar-refractivity contribution in [2.75, 3.05) is 18.4 Å². The SMILES string of the molecule is CCc1ccccc1NC(=O)c1ccc(C[NH+]2CCC(Cc3ccccc3)CC2)cc1. The van der Waals surface area contributed by atoms with Crippen molar-refractivity contribution in [1.82, 2.24) is 0 Å². The summed E-state index contributed by atoms with van der Waals surface area (Å²) in [5, 5.41) is 3.06. The van der Waals surface area contributed by atoms with Crippen molar-refractivity contribution in [3.05, 3.63) is 101 Å². The number of benzene rings is 3. The molecule has 31 heavy (non-hydrogen) atoms. The number of quaternary nitrogens is 1. The number of carbonyl (C=O) groups excluding carboxylic acids is 1. The number of amides is 1. The van der Waals surface area contributed by atoms with Crippen LogP contribution in [-0.2, 0) is 19.4 Å². The summed E-state index contributed by atoms with van der Waals surface area (Å²) in [4.78, 5) is 14.3. The van der Waals surface area contributed by atoms with E-state index in [-0.39, 0.29) is 5.91 Å². The largest absolute Gasteiger partial charge is 0.331 e. The maximum atomic E-state index is 12.7. The first-order valence-corrected chi connectivity index (χ1v) is 11.6. The van der Waals surface area contributed by atoms with E-state index in [2.05, 4.69) is 60.8 Å². The summed E-state index contributed by atoms with van der Waals surface area (Å²) in [7, 11) is 0. The molecule has 1 aliphatic heterocycles. The summed E-state index contributed by atoms with van der Waals surface area (Å²) in [5.74, 6) is 0.768. The molecule has 1 heterocycles. The summed E-state index contributed by atoms with van der Waals surface area (Å²) in [6, 6.07) is 27.0. The normalized spacial score (nSPS) is 18.5. The molecule has 4 rings (SSSR count).